The van der Waals surface area contributed by atoms with E-state index in [1.54, 1.807) is 12.3 Å². The number of hydrogen-bond donors (Lipinski definition) is 0. The average molecular weight is 223 g/mol. The summed E-state index contributed by atoms with van der Waals surface area (Å²) in [6.07, 6.45) is 1.55. The van der Waals surface area contributed by atoms with Crippen LogP contribution in [0.5, 0.6) is 0 Å². The van der Waals surface area contributed by atoms with E-state index in [2.05, 4.69) is 9.97 Å². The Labute approximate surface area is 91.8 Å². The lowest BCUT2D eigenvalue weighted by molar-refractivity contribution is 0.627. The van der Waals surface area contributed by atoms with Crippen LogP contribution in [0.2, 0.25) is 5.15 Å². The van der Waals surface area contributed by atoms with Gasteiger partial charge in [-0.15, -0.1) is 0 Å². The quantitative estimate of drug-likeness (QED) is 0.693. The van der Waals surface area contributed by atoms with Gasteiger partial charge in [0.15, 0.2) is 5.82 Å². The number of halogens is 2. The second-order valence-electron chi connectivity index (χ2n) is 3.22. The zero-order valence-electron chi connectivity index (χ0n) is 8.04. The molecule has 2 rings (SSSR count). The maximum Gasteiger partial charge on any atom is 0.160 e. The molecule has 0 saturated heterocycles. The fourth-order valence-electron chi connectivity index (χ4n) is 1.34. The molecule has 0 spiro atoms. The molecule has 0 radical (unpaired) electrons. The normalized spacial score (nSPS) is 10.3. The Balaban J connectivity index is 2.54. The summed E-state index contributed by atoms with van der Waals surface area (Å²) in [5.74, 6) is 0.138. The van der Waals surface area contributed by atoms with Crippen LogP contribution in [0.1, 0.15) is 5.56 Å². The van der Waals surface area contributed by atoms with Crippen LogP contribution in [-0.4, -0.2) is 9.97 Å². The van der Waals surface area contributed by atoms with Crippen molar-refractivity contribution in [1.82, 2.24) is 9.97 Å². The van der Waals surface area contributed by atoms with Crippen molar-refractivity contribution in [1.29, 1.82) is 0 Å². The molecule has 0 aliphatic heterocycles. The summed E-state index contributed by atoms with van der Waals surface area (Å²) < 4.78 is 13.1. The van der Waals surface area contributed by atoms with Gasteiger partial charge in [-0.1, -0.05) is 11.6 Å². The Hall–Kier alpha value is -1.48. The number of rotatable bonds is 1. The monoisotopic (exact) mass is 222 g/mol. The Bertz CT molecular complexity index is 479. The van der Waals surface area contributed by atoms with Crippen LogP contribution in [0.15, 0.2) is 30.5 Å². The smallest absolute Gasteiger partial charge is 0.160 e. The zero-order chi connectivity index (χ0) is 10.8. The molecular weight excluding hydrogens is 215 g/mol. The van der Waals surface area contributed by atoms with Gasteiger partial charge >= 0.3 is 0 Å². The molecule has 2 nitrogen and oxygen atoms in total. The van der Waals surface area contributed by atoms with Crippen LogP contribution in [0.25, 0.3) is 11.4 Å². The maximum absolute atomic E-state index is 13.1. The van der Waals surface area contributed by atoms with Crippen LogP contribution in [0.3, 0.4) is 0 Å². The minimum absolute atomic E-state index is 0.298. The van der Waals surface area contributed by atoms with Crippen molar-refractivity contribution in [2.24, 2.45) is 0 Å². The first-order valence-corrected chi connectivity index (χ1v) is 4.79. The van der Waals surface area contributed by atoms with E-state index in [4.69, 9.17) is 11.6 Å². The number of aryl methyl sites for hydroxylation is 1. The molecule has 1 aromatic carbocycles. The van der Waals surface area contributed by atoms with Crippen molar-refractivity contribution >= 4 is 11.6 Å². The molecule has 0 N–H and O–H groups in total. The number of hydrogen-bond acceptors (Lipinski definition) is 2. The largest absolute Gasteiger partial charge is 0.236 e. The third kappa shape index (κ3) is 2.30. The highest BCUT2D eigenvalue weighted by atomic mass is 35.5. The van der Waals surface area contributed by atoms with E-state index >= 15 is 0 Å². The minimum Gasteiger partial charge on any atom is -0.236 e. The van der Waals surface area contributed by atoms with Gasteiger partial charge in [-0.05, 0) is 36.8 Å². The van der Waals surface area contributed by atoms with Crippen LogP contribution < -0.4 is 0 Å². The van der Waals surface area contributed by atoms with Crippen molar-refractivity contribution in [2.75, 3.05) is 0 Å². The highest BCUT2D eigenvalue weighted by molar-refractivity contribution is 6.29. The van der Waals surface area contributed by atoms with E-state index in [1.807, 2.05) is 13.0 Å². The van der Waals surface area contributed by atoms with E-state index in [0.29, 0.717) is 16.5 Å². The first-order valence-electron chi connectivity index (χ1n) is 4.41. The van der Waals surface area contributed by atoms with Crippen LogP contribution in [0, 0.1) is 12.7 Å². The van der Waals surface area contributed by atoms with Gasteiger partial charge in [0.05, 0.1) is 0 Å². The lowest BCUT2D eigenvalue weighted by Crippen LogP contribution is -1.90. The second-order valence-corrected chi connectivity index (χ2v) is 3.61. The van der Waals surface area contributed by atoms with E-state index < -0.39 is 0 Å². The average Bonchev–Trinajstić information content (AvgIpc) is 2.16. The molecule has 15 heavy (non-hydrogen) atoms. The fraction of sp³-hybridized carbons (Fsp3) is 0.0909. The summed E-state index contributed by atoms with van der Waals surface area (Å²) in [6, 6.07) is 6.23. The Morgan fingerprint density at radius 1 is 1.27 bits per heavy atom. The van der Waals surface area contributed by atoms with Crippen LogP contribution in [0.4, 0.5) is 4.39 Å². The number of nitrogens with zero attached hydrogens (tertiary/aromatic N) is 2. The molecule has 0 bridgehead atoms. The van der Waals surface area contributed by atoms with Gasteiger partial charge in [0.25, 0.3) is 0 Å². The summed E-state index contributed by atoms with van der Waals surface area (Å²) in [5, 5.41) is 0.349. The van der Waals surface area contributed by atoms with Crippen LogP contribution >= 0.6 is 11.6 Å². The Morgan fingerprint density at radius 3 is 2.73 bits per heavy atom. The zero-order valence-corrected chi connectivity index (χ0v) is 8.79. The van der Waals surface area contributed by atoms with Gasteiger partial charge in [0.2, 0.25) is 0 Å². The van der Waals surface area contributed by atoms with E-state index in [-0.39, 0.29) is 5.82 Å². The molecule has 0 atom stereocenters. The third-order valence-electron chi connectivity index (χ3n) is 1.92. The third-order valence-corrected chi connectivity index (χ3v) is 2.13. The van der Waals surface area contributed by atoms with Crippen molar-refractivity contribution in [2.45, 2.75) is 6.92 Å². The van der Waals surface area contributed by atoms with Crippen molar-refractivity contribution in [3.8, 4) is 11.4 Å². The highest BCUT2D eigenvalue weighted by Crippen LogP contribution is 2.19. The van der Waals surface area contributed by atoms with Gasteiger partial charge in [0, 0.05) is 11.8 Å². The van der Waals surface area contributed by atoms with Crippen molar-refractivity contribution < 1.29 is 4.39 Å². The predicted molar refractivity (Wildman–Crippen MR) is 57.2 cm³/mol. The van der Waals surface area contributed by atoms with Gasteiger partial charge < -0.3 is 0 Å². The van der Waals surface area contributed by atoms with Gasteiger partial charge in [0.1, 0.15) is 11.0 Å². The maximum atomic E-state index is 13.1. The summed E-state index contributed by atoms with van der Waals surface area (Å²) >= 11 is 5.73. The molecule has 1 heterocycles. The first-order chi connectivity index (χ1) is 7.15. The molecule has 2 aromatic rings. The standard InChI is InChI=1S/C11H8ClFN2/c1-7-4-8(6-9(13)5-7)11-14-3-2-10(12)15-11/h2-6H,1H3. The van der Waals surface area contributed by atoms with E-state index in [9.17, 15) is 4.39 Å². The molecular formula is C11H8ClFN2. The molecule has 0 amide bonds. The first kappa shape index (κ1) is 10.1. The van der Waals surface area contributed by atoms with E-state index in [1.165, 1.54) is 12.1 Å². The molecule has 4 heteroatoms. The molecule has 0 aliphatic carbocycles. The number of aromatic nitrogens is 2. The molecule has 1 aromatic heterocycles. The van der Waals surface area contributed by atoms with Crippen molar-refractivity contribution in [3.05, 3.63) is 47.0 Å². The summed E-state index contributed by atoms with van der Waals surface area (Å²) in [4.78, 5) is 8.04. The lowest BCUT2D eigenvalue weighted by Gasteiger charge is -2.01. The molecule has 0 unspecified atom stereocenters. The Kier molecular flexibility index (Phi) is 2.64. The van der Waals surface area contributed by atoms with Crippen molar-refractivity contribution in [3.63, 3.8) is 0 Å². The molecule has 76 valence electrons. The highest BCUT2D eigenvalue weighted by Gasteiger charge is 2.04. The fourth-order valence-corrected chi connectivity index (χ4v) is 1.48. The molecule has 0 fully saturated rings. The Morgan fingerprint density at radius 2 is 2.07 bits per heavy atom. The minimum atomic E-state index is -0.298. The summed E-state index contributed by atoms with van der Waals surface area (Å²) in [6.45, 7) is 1.82. The van der Waals surface area contributed by atoms with Crippen LogP contribution in [-0.2, 0) is 0 Å². The summed E-state index contributed by atoms with van der Waals surface area (Å²) in [7, 11) is 0. The molecule has 0 aliphatic rings. The molecule has 0 saturated carbocycles. The van der Waals surface area contributed by atoms with Gasteiger partial charge in [-0.2, -0.15) is 0 Å². The SMILES string of the molecule is Cc1cc(F)cc(-c2nccc(Cl)n2)c1. The van der Waals surface area contributed by atoms with Gasteiger partial charge in [-0.25, -0.2) is 14.4 Å². The second kappa shape index (κ2) is 3.95. The lowest BCUT2D eigenvalue weighted by atomic mass is 10.1. The topological polar surface area (TPSA) is 25.8 Å². The number of benzene rings is 1. The predicted octanol–water partition coefficient (Wildman–Crippen LogP) is 3.24. The summed E-state index contributed by atoms with van der Waals surface area (Å²) in [5.41, 5.74) is 1.46. The van der Waals surface area contributed by atoms with Gasteiger partial charge in [-0.3, -0.25) is 0 Å². The van der Waals surface area contributed by atoms with E-state index in [0.717, 1.165) is 5.56 Å².